The molecule has 0 atom stereocenters. The largest absolute Gasteiger partial charge is 0.490 e. The summed E-state index contributed by atoms with van der Waals surface area (Å²) in [5.41, 5.74) is 0.873. The number of rotatable bonds is 8. The van der Waals surface area contributed by atoms with Gasteiger partial charge in [0.1, 0.15) is 5.82 Å². The van der Waals surface area contributed by atoms with Crippen LogP contribution in [0.25, 0.3) is 0 Å². The normalized spacial score (nSPS) is 16.9. The van der Waals surface area contributed by atoms with E-state index < -0.39 is 34.0 Å². The number of anilines is 2. The lowest BCUT2D eigenvalue weighted by Crippen LogP contribution is -2.36. The Balaban J connectivity index is 0.000000587. The molecule has 9 nitrogen and oxygen atoms in total. The summed E-state index contributed by atoms with van der Waals surface area (Å²) in [5, 5.41) is 16.5. The van der Waals surface area contributed by atoms with Gasteiger partial charge in [-0.05, 0) is 100 Å². The Kier molecular flexibility index (Phi) is 11.0. The van der Waals surface area contributed by atoms with E-state index in [-0.39, 0.29) is 16.1 Å². The summed E-state index contributed by atoms with van der Waals surface area (Å²) in [5.74, 6) is -3.79. The molecule has 41 heavy (non-hydrogen) atoms. The standard InChI is InChI=1S/C25H32FN3O4S.C2HF3O2/c26-21-5-7-22(8-6-21)34(32,33)27-23-18-20(25(30)31)4-9-24(23)29-16-11-19(12-17-29)10-15-28-13-2-1-3-14-28;3-2(4,5)1(6)7/h4-9,18-19,27H,1-3,10-17H2,(H,30,31);(H,6,7). The number of piperidine rings is 2. The number of benzene rings is 2. The second-order valence-electron chi connectivity index (χ2n) is 10.0. The maximum atomic E-state index is 13.3. The van der Waals surface area contributed by atoms with Crippen molar-refractivity contribution in [3.63, 3.8) is 0 Å². The lowest BCUT2D eigenvalue weighted by Gasteiger charge is -2.36. The van der Waals surface area contributed by atoms with Crippen molar-refractivity contribution in [3.05, 3.63) is 53.8 Å². The lowest BCUT2D eigenvalue weighted by atomic mass is 9.92. The molecule has 2 aromatic carbocycles. The third-order valence-corrected chi connectivity index (χ3v) is 8.49. The van der Waals surface area contributed by atoms with E-state index >= 15 is 0 Å². The number of hydrogen-bond acceptors (Lipinski definition) is 6. The van der Waals surface area contributed by atoms with Crippen LogP contribution >= 0.6 is 0 Å². The van der Waals surface area contributed by atoms with E-state index in [9.17, 15) is 35.9 Å². The van der Waals surface area contributed by atoms with Gasteiger partial charge in [0.05, 0.1) is 21.8 Å². The minimum atomic E-state index is -5.08. The number of alkyl halides is 3. The van der Waals surface area contributed by atoms with E-state index in [4.69, 9.17) is 9.90 Å². The molecule has 0 saturated carbocycles. The van der Waals surface area contributed by atoms with E-state index in [0.717, 1.165) is 44.6 Å². The van der Waals surface area contributed by atoms with Crippen LogP contribution in [-0.2, 0) is 14.8 Å². The monoisotopic (exact) mass is 603 g/mol. The van der Waals surface area contributed by atoms with Gasteiger partial charge in [0.25, 0.3) is 10.0 Å². The molecule has 0 radical (unpaired) electrons. The Morgan fingerprint density at radius 2 is 1.51 bits per heavy atom. The van der Waals surface area contributed by atoms with Gasteiger partial charge in [-0.3, -0.25) is 4.72 Å². The number of nitrogens with zero attached hydrogens (tertiary/aromatic N) is 2. The van der Waals surface area contributed by atoms with E-state index in [1.165, 1.54) is 63.0 Å². The van der Waals surface area contributed by atoms with Crippen LogP contribution in [0.1, 0.15) is 48.9 Å². The van der Waals surface area contributed by atoms with Crippen LogP contribution in [0.15, 0.2) is 47.4 Å². The Morgan fingerprint density at radius 1 is 0.927 bits per heavy atom. The van der Waals surface area contributed by atoms with Crippen molar-refractivity contribution in [1.29, 1.82) is 0 Å². The second-order valence-corrected chi connectivity index (χ2v) is 11.7. The van der Waals surface area contributed by atoms with E-state index in [0.29, 0.717) is 11.6 Å². The van der Waals surface area contributed by atoms with Crippen molar-refractivity contribution in [2.75, 3.05) is 42.3 Å². The number of likely N-dealkylation sites (tertiary alicyclic amines) is 1. The van der Waals surface area contributed by atoms with E-state index in [1.807, 2.05) is 0 Å². The van der Waals surface area contributed by atoms with Crippen LogP contribution in [0.3, 0.4) is 0 Å². The number of aromatic carboxylic acids is 1. The fraction of sp³-hybridized carbons (Fsp3) is 0.481. The lowest BCUT2D eigenvalue weighted by molar-refractivity contribution is -0.192. The molecule has 0 amide bonds. The topological polar surface area (TPSA) is 127 Å². The van der Waals surface area contributed by atoms with Crippen molar-refractivity contribution in [1.82, 2.24) is 4.90 Å². The first-order chi connectivity index (χ1) is 19.3. The van der Waals surface area contributed by atoms with Crippen molar-refractivity contribution in [2.24, 2.45) is 5.92 Å². The number of carboxylic acid groups (broad SMARTS) is 2. The van der Waals surface area contributed by atoms with Gasteiger partial charge in [-0.1, -0.05) is 6.42 Å². The molecule has 0 bridgehead atoms. The quantitative estimate of drug-likeness (QED) is 0.358. The van der Waals surface area contributed by atoms with Gasteiger partial charge in [0.15, 0.2) is 0 Å². The highest BCUT2D eigenvalue weighted by Gasteiger charge is 2.38. The molecule has 2 fully saturated rings. The fourth-order valence-corrected chi connectivity index (χ4v) is 5.92. The van der Waals surface area contributed by atoms with Gasteiger partial charge in [0, 0.05) is 13.1 Å². The number of carbonyl (C=O) groups is 2. The number of hydrogen-bond donors (Lipinski definition) is 3. The summed E-state index contributed by atoms with van der Waals surface area (Å²) >= 11 is 0. The molecule has 2 heterocycles. The minimum absolute atomic E-state index is 0.00280. The molecule has 14 heteroatoms. The highest BCUT2D eigenvalue weighted by Crippen LogP contribution is 2.33. The van der Waals surface area contributed by atoms with Crippen molar-refractivity contribution < 1.29 is 45.8 Å². The van der Waals surface area contributed by atoms with Crippen LogP contribution in [0.2, 0.25) is 0 Å². The molecule has 2 aromatic rings. The number of sulfonamides is 1. The first-order valence-corrected chi connectivity index (χ1v) is 14.7. The Labute approximate surface area is 235 Å². The first kappa shape index (κ1) is 32.1. The highest BCUT2D eigenvalue weighted by atomic mass is 32.2. The van der Waals surface area contributed by atoms with Crippen molar-refractivity contribution in [2.45, 2.75) is 49.6 Å². The maximum Gasteiger partial charge on any atom is 0.490 e. The molecule has 0 aromatic heterocycles. The fourth-order valence-electron chi connectivity index (χ4n) is 4.85. The zero-order valence-electron chi connectivity index (χ0n) is 22.2. The summed E-state index contributed by atoms with van der Waals surface area (Å²) in [7, 11) is -4.01. The molecule has 0 aliphatic carbocycles. The van der Waals surface area contributed by atoms with Crippen LogP contribution in [-0.4, -0.2) is 74.4 Å². The summed E-state index contributed by atoms with van der Waals surface area (Å²) < 4.78 is 73.3. The number of halogens is 4. The van der Waals surface area contributed by atoms with Crippen molar-refractivity contribution >= 4 is 33.3 Å². The van der Waals surface area contributed by atoms with Gasteiger partial charge in [-0.15, -0.1) is 0 Å². The van der Waals surface area contributed by atoms with Gasteiger partial charge in [-0.25, -0.2) is 22.4 Å². The third-order valence-electron chi connectivity index (χ3n) is 7.11. The van der Waals surface area contributed by atoms with Gasteiger partial charge in [-0.2, -0.15) is 13.2 Å². The second kappa shape index (κ2) is 14.0. The van der Waals surface area contributed by atoms with Crippen LogP contribution in [0.5, 0.6) is 0 Å². The molecular weight excluding hydrogens is 570 g/mol. The third kappa shape index (κ3) is 9.59. The van der Waals surface area contributed by atoms with E-state index in [2.05, 4.69) is 14.5 Å². The molecule has 2 aliphatic heterocycles. The molecule has 3 N–H and O–H groups in total. The van der Waals surface area contributed by atoms with Gasteiger partial charge < -0.3 is 20.0 Å². The summed E-state index contributed by atoms with van der Waals surface area (Å²) in [4.78, 5) is 25.0. The number of aliphatic carboxylic acids is 1. The van der Waals surface area contributed by atoms with Crippen molar-refractivity contribution in [3.8, 4) is 0 Å². The Morgan fingerprint density at radius 3 is 2.05 bits per heavy atom. The Bertz CT molecular complexity index is 1290. The SMILES string of the molecule is O=C(O)C(F)(F)F.O=C(O)c1ccc(N2CCC(CCN3CCCCC3)CC2)c(NS(=O)(=O)c2ccc(F)cc2)c1. The molecular formula is C27H33F4N3O6S. The van der Waals surface area contributed by atoms with Crippen LogP contribution in [0, 0.1) is 11.7 Å². The summed E-state index contributed by atoms with van der Waals surface area (Å²) in [6, 6.07) is 9.05. The number of nitrogens with one attached hydrogen (secondary N) is 1. The maximum absolute atomic E-state index is 13.3. The van der Waals surface area contributed by atoms with E-state index in [1.54, 1.807) is 6.07 Å². The Hall–Kier alpha value is -3.39. The average Bonchev–Trinajstić information content (AvgIpc) is 2.92. The molecule has 4 rings (SSSR count). The predicted octanol–water partition coefficient (Wildman–Crippen LogP) is 5.05. The number of carboxylic acids is 2. The molecule has 0 unspecified atom stereocenters. The smallest absolute Gasteiger partial charge is 0.478 e. The van der Waals surface area contributed by atoms with Crippen LogP contribution in [0.4, 0.5) is 28.9 Å². The van der Waals surface area contributed by atoms with Gasteiger partial charge in [0.2, 0.25) is 0 Å². The zero-order chi connectivity index (χ0) is 30.2. The predicted molar refractivity (Wildman–Crippen MR) is 144 cm³/mol. The average molecular weight is 604 g/mol. The van der Waals surface area contributed by atoms with Crippen LogP contribution < -0.4 is 9.62 Å². The molecule has 226 valence electrons. The molecule has 0 spiro atoms. The zero-order valence-corrected chi connectivity index (χ0v) is 23.1. The summed E-state index contributed by atoms with van der Waals surface area (Å²) in [6.07, 6.45) is 2.04. The first-order valence-electron chi connectivity index (χ1n) is 13.2. The molecule has 2 saturated heterocycles. The van der Waals surface area contributed by atoms with Gasteiger partial charge >= 0.3 is 18.1 Å². The summed E-state index contributed by atoms with van der Waals surface area (Å²) in [6.45, 7) is 5.10. The minimum Gasteiger partial charge on any atom is -0.478 e. The highest BCUT2D eigenvalue weighted by molar-refractivity contribution is 7.92. The molecule has 2 aliphatic rings.